The molecule has 0 aromatic heterocycles. The summed E-state index contributed by atoms with van der Waals surface area (Å²) in [5, 5.41) is 1.20. The van der Waals surface area contributed by atoms with Crippen molar-refractivity contribution in [1.82, 2.24) is 0 Å². The third-order valence-corrected chi connectivity index (χ3v) is 3.11. The summed E-state index contributed by atoms with van der Waals surface area (Å²) in [7, 11) is 0. The van der Waals surface area contributed by atoms with Crippen LogP contribution in [0.25, 0.3) is 0 Å². The van der Waals surface area contributed by atoms with E-state index in [0.29, 0.717) is 22.9 Å². The Morgan fingerprint density at radius 2 is 2.12 bits per heavy atom. The second-order valence-corrected chi connectivity index (χ2v) is 5.16. The summed E-state index contributed by atoms with van der Waals surface area (Å²) in [6.07, 6.45) is 2.59. The number of hydrogen-bond acceptors (Lipinski definition) is 2. The van der Waals surface area contributed by atoms with E-state index >= 15 is 0 Å². The molecular weight excluding hydrogens is 257 g/mol. The number of ketones is 1. The molecule has 0 spiro atoms. The fraction of sp³-hybridized carbons (Fsp3) is 0.462. The van der Waals surface area contributed by atoms with Crippen molar-refractivity contribution in [3.05, 3.63) is 33.8 Å². The Bertz CT molecular complexity index is 391. The fourth-order valence-corrected chi connectivity index (χ4v) is 1.98. The van der Waals surface area contributed by atoms with Gasteiger partial charge in [0.05, 0.1) is 0 Å². The Morgan fingerprint density at radius 3 is 2.76 bits per heavy atom. The molecular formula is C13H17Cl2NO. The lowest BCUT2D eigenvalue weighted by Gasteiger charge is -2.06. The molecule has 1 unspecified atom stereocenters. The lowest BCUT2D eigenvalue weighted by molar-refractivity contribution is -0.118. The molecule has 0 saturated carbocycles. The van der Waals surface area contributed by atoms with Crippen molar-refractivity contribution in [1.29, 1.82) is 0 Å². The zero-order chi connectivity index (χ0) is 12.8. The summed E-state index contributed by atoms with van der Waals surface area (Å²) >= 11 is 11.9. The average Bonchev–Trinajstić information content (AvgIpc) is 2.23. The summed E-state index contributed by atoms with van der Waals surface area (Å²) < 4.78 is 0. The maximum Gasteiger partial charge on any atom is 0.137 e. The van der Waals surface area contributed by atoms with Crippen LogP contribution in [0.4, 0.5) is 0 Å². The van der Waals surface area contributed by atoms with Crippen molar-refractivity contribution in [3.63, 3.8) is 0 Å². The first-order valence-electron chi connectivity index (χ1n) is 5.70. The predicted molar refractivity (Wildman–Crippen MR) is 72.7 cm³/mol. The predicted octanol–water partition coefficient (Wildman–Crippen LogP) is 3.62. The molecule has 17 heavy (non-hydrogen) atoms. The molecule has 1 atom stereocenters. The topological polar surface area (TPSA) is 43.1 Å². The van der Waals surface area contributed by atoms with Gasteiger partial charge in [-0.1, -0.05) is 23.2 Å². The van der Waals surface area contributed by atoms with Crippen LogP contribution in [0.2, 0.25) is 10.0 Å². The minimum absolute atomic E-state index is 0.151. The van der Waals surface area contributed by atoms with Gasteiger partial charge in [-0.05, 0) is 43.5 Å². The third-order valence-electron chi connectivity index (χ3n) is 2.51. The number of halogens is 2. The Morgan fingerprint density at radius 1 is 1.41 bits per heavy atom. The first-order valence-corrected chi connectivity index (χ1v) is 6.46. The van der Waals surface area contributed by atoms with E-state index in [9.17, 15) is 4.79 Å². The Hall–Kier alpha value is -0.570. The van der Waals surface area contributed by atoms with E-state index in [1.165, 1.54) is 0 Å². The summed E-state index contributed by atoms with van der Waals surface area (Å²) in [5.74, 6) is 0.176. The second kappa shape index (κ2) is 7.00. The van der Waals surface area contributed by atoms with Crippen LogP contribution < -0.4 is 5.73 Å². The second-order valence-electron chi connectivity index (χ2n) is 4.32. The van der Waals surface area contributed by atoms with Crippen LogP contribution in [0.3, 0.4) is 0 Å². The van der Waals surface area contributed by atoms with Gasteiger partial charge in [-0.15, -0.1) is 0 Å². The molecule has 0 heterocycles. The molecule has 94 valence electrons. The fourth-order valence-electron chi connectivity index (χ4n) is 1.60. The quantitative estimate of drug-likeness (QED) is 0.860. The number of carbonyl (C=O) groups excluding carboxylic acids is 1. The van der Waals surface area contributed by atoms with Crippen LogP contribution in [0.1, 0.15) is 31.7 Å². The van der Waals surface area contributed by atoms with Crippen molar-refractivity contribution in [2.45, 2.75) is 38.6 Å². The van der Waals surface area contributed by atoms with E-state index in [1.54, 1.807) is 18.2 Å². The summed E-state index contributed by atoms with van der Waals surface area (Å²) in [6, 6.07) is 5.33. The molecule has 1 aromatic rings. The van der Waals surface area contributed by atoms with Gasteiger partial charge in [0.2, 0.25) is 0 Å². The molecule has 4 heteroatoms. The van der Waals surface area contributed by atoms with Crippen molar-refractivity contribution in [2.75, 3.05) is 0 Å². The molecule has 1 aromatic carbocycles. The van der Waals surface area contributed by atoms with Crippen LogP contribution in [-0.4, -0.2) is 11.8 Å². The minimum atomic E-state index is 0.151. The highest BCUT2D eigenvalue weighted by atomic mass is 35.5. The first kappa shape index (κ1) is 14.5. The van der Waals surface area contributed by atoms with Crippen LogP contribution in [0, 0.1) is 0 Å². The highest BCUT2D eigenvalue weighted by Gasteiger charge is 2.08. The SMILES string of the molecule is CC(N)CCCC(=O)Cc1cc(Cl)ccc1Cl. The van der Waals surface area contributed by atoms with E-state index in [4.69, 9.17) is 28.9 Å². The number of Topliss-reactive ketones (excluding diaryl/α,β-unsaturated/α-hetero) is 1. The number of hydrogen-bond donors (Lipinski definition) is 1. The summed E-state index contributed by atoms with van der Waals surface area (Å²) in [4.78, 5) is 11.7. The smallest absolute Gasteiger partial charge is 0.137 e. The molecule has 0 amide bonds. The van der Waals surface area contributed by atoms with Gasteiger partial charge in [0.1, 0.15) is 5.78 Å². The van der Waals surface area contributed by atoms with Gasteiger partial charge in [0.15, 0.2) is 0 Å². The molecule has 2 nitrogen and oxygen atoms in total. The molecule has 0 aliphatic heterocycles. The molecule has 1 rings (SSSR count). The largest absolute Gasteiger partial charge is 0.328 e. The van der Waals surface area contributed by atoms with Crippen LogP contribution in [-0.2, 0) is 11.2 Å². The Labute approximate surface area is 112 Å². The molecule has 0 fully saturated rings. The van der Waals surface area contributed by atoms with Gasteiger partial charge in [-0.3, -0.25) is 4.79 Å². The minimum Gasteiger partial charge on any atom is -0.328 e. The van der Waals surface area contributed by atoms with E-state index in [0.717, 1.165) is 18.4 Å². The van der Waals surface area contributed by atoms with Crippen molar-refractivity contribution in [2.24, 2.45) is 5.73 Å². The monoisotopic (exact) mass is 273 g/mol. The number of benzene rings is 1. The van der Waals surface area contributed by atoms with Gasteiger partial charge < -0.3 is 5.73 Å². The molecule has 2 N–H and O–H groups in total. The molecule has 0 aliphatic carbocycles. The van der Waals surface area contributed by atoms with Gasteiger partial charge in [-0.25, -0.2) is 0 Å². The zero-order valence-corrected chi connectivity index (χ0v) is 11.4. The lowest BCUT2D eigenvalue weighted by atomic mass is 10.0. The Kier molecular flexibility index (Phi) is 5.96. The zero-order valence-electron chi connectivity index (χ0n) is 9.88. The maximum absolute atomic E-state index is 11.7. The number of nitrogens with two attached hydrogens (primary N) is 1. The van der Waals surface area contributed by atoms with E-state index in [-0.39, 0.29) is 11.8 Å². The van der Waals surface area contributed by atoms with E-state index in [2.05, 4.69) is 0 Å². The summed E-state index contributed by atoms with van der Waals surface area (Å²) in [6.45, 7) is 1.94. The van der Waals surface area contributed by atoms with Gasteiger partial charge in [0, 0.05) is 28.9 Å². The highest BCUT2D eigenvalue weighted by molar-refractivity contribution is 6.33. The van der Waals surface area contributed by atoms with Crippen molar-refractivity contribution in [3.8, 4) is 0 Å². The number of carbonyl (C=O) groups is 1. The maximum atomic E-state index is 11.7. The molecule has 0 radical (unpaired) electrons. The van der Waals surface area contributed by atoms with E-state index in [1.807, 2.05) is 6.92 Å². The lowest BCUT2D eigenvalue weighted by Crippen LogP contribution is -2.15. The van der Waals surface area contributed by atoms with Crippen LogP contribution >= 0.6 is 23.2 Å². The van der Waals surface area contributed by atoms with E-state index < -0.39 is 0 Å². The number of rotatable bonds is 6. The van der Waals surface area contributed by atoms with Crippen molar-refractivity contribution >= 4 is 29.0 Å². The highest BCUT2D eigenvalue weighted by Crippen LogP contribution is 2.21. The van der Waals surface area contributed by atoms with Crippen molar-refractivity contribution < 1.29 is 4.79 Å². The first-order chi connectivity index (χ1) is 7.99. The van der Waals surface area contributed by atoms with Crippen LogP contribution in [0.5, 0.6) is 0 Å². The van der Waals surface area contributed by atoms with Gasteiger partial charge in [0.25, 0.3) is 0 Å². The third kappa shape index (κ3) is 5.53. The summed E-state index contributed by atoms with van der Waals surface area (Å²) in [5.41, 5.74) is 6.42. The molecule has 0 saturated heterocycles. The van der Waals surface area contributed by atoms with Crippen LogP contribution in [0.15, 0.2) is 18.2 Å². The van der Waals surface area contributed by atoms with Gasteiger partial charge >= 0.3 is 0 Å². The Balaban J connectivity index is 2.47. The van der Waals surface area contributed by atoms with Gasteiger partial charge in [-0.2, -0.15) is 0 Å². The molecule has 0 bridgehead atoms. The normalized spacial score (nSPS) is 12.5. The molecule has 0 aliphatic rings. The standard InChI is InChI=1S/C13H17Cl2NO/c1-9(16)3-2-4-12(17)8-10-7-11(14)5-6-13(10)15/h5-7,9H,2-4,8,16H2,1H3. The average molecular weight is 274 g/mol.